The van der Waals surface area contributed by atoms with E-state index >= 15 is 0 Å². The number of aryl methyl sites for hydroxylation is 1. The maximum absolute atomic E-state index is 13.3. The second kappa shape index (κ2) is 6.98. The topological polar surface area (TPSA) is 94.6 Å². The molecule has 0 bridgehead atoms. The van der Waals surface area contributed by atoms with Crippen LogP contribution in [0.15, 0.2) is 12.3 Å². The minimum atomic E-state index is -1.07. The number of hydrogen-bond acceptors (Lipinski definition) is 6. The van der Waals surface area contributed by atoms with Crippen LogP contribution in [0.5, 0.6) is 0 Å². The molecule has 4 rings (SSSR count). The first kappa shape index (κ1) is 19.1. The van der Waals surface area contributed by atoms with Crippen molar-refractivity contribution >= 4 is 5.91 Å². The fourth-order valence-electron chi connectivity index (χ4n) is 4.24. The van der Waals surface area contributed by atoms with Gasteiger partial charge in [-0.1, -0.05) is 0 Å². The van der Waals surface area contributed by atoms with Crippen molar-refractivity contribution in [1.29, 1.82) is 0 Å². The highest BCUT2D eigenvalue weighted by Gasteiger charge is 2.48. The SMILES string of the molecule is COCCn1nc2c(c1C(=O)N1CC(O)(c3ccnn3C)C1)C[C@H](C)O[C@@H]2C. The van der Waals surface area contributed by atoms with Gasteiger partial charge in [-0.15, -0.1) is 0 Å². The predicted octanol–water partition coefficient (Wildman–Crippen LogP) is 0.629. The fourth-order valence-corrected chi connectivity index (χ4v) is 4.24. The van der Waals surface area contributed by atoms with Crippen LogP contribution in [0, 0.1) is 0 Å². The Morgan fingerprint density at radius 1 is 1.43 bits per heavy atom. The highest BCUT2D eigenvalue weighted by atomic mass is 16.5. The first-order valence-electron chi connectivity index (χ1n) is 9.58. The quantitative estimate of drug-likeness (QED) is 0.806. The Bertz CT molecular complexity index is 883. The van der Waals surface area contributed by atoms with Crippen LogP contribution in [-0.4, -0.2) is 68.4 Å². The normalized spacial score (nSPS) is 23.4. The smallest absolute Gasteiger partial charge is 0.272 e. The van der Waals surface area contributed by atoms with E-state index in [1.54, 1.807) is 40.7 Å². The number of aliphatic hydroxyl groups is 1. The van der Waals surface area contributed by atoms with Crippen LogP contribution in [0.3, 0.4) is 0 Å². The average molecular weight is 389 g/mol. The minimum absolute atomic E-state index is 0.0249. The summed E-state index contributed by atoms with van der Waals surface area (Å²) in [5, 5.41) is 19.7. The first-order chi connectivity index (χ1) is 13.3. The predicted molar refractivity (Wildman–Crippen MR) is 99.8 cm³/mol. The summed E-state index contributed by atoms with van der Waals surface area (Å²) >= 11 is 0. The monoisotopic (exact) mass is 389 g/mol. The largest absolute Gasteiger partial charge is 0.383 e. The Morgan fingerprint density at radius 3 is 2.82 bits per heavy atom. The van der Waals surface area contributed by atoms with E-state index in [0.29, 0.717) is 31.0 Å². The molecule has 9 nitrogen and oxygen atoms in total. The molecule has 2 aromatic rings. The standard InChI is InChI=1S/C19H27N5O4/c1-12-9-14-16(13(2)28-12)21-24(7-8-27-4)17(14)18(25)23-10-19(26,11-23)15-5-6-20-22(15)3/h5-6,12-13,26H,7-11H2,1-4H3/t12-,13+/m0/s1. The molecule has 0 radical (unpaired) electrons. The number of rotatable bonds is 5. The molecule has 0 aliphatic carbocycles. The number of ether oxygens (including phenoxy) is 2. The molecule has 4 heterocycles. The van der Waals surface area contributed by atoms with Gasteiger partial charge in [0.1, 0.15) is 11.3 Å². The summed E-state index contributed by atoms with van der Waals surface area (Å²) in [5.74, 6) is -0.113. The lowest BCUT2D eigenvalue weighted by Crippen LogP contribution is -2.62. The molecule has 0 aromatic carbocycles. The zero-order valence-electron chi connectivity index (χ0n) is 16.8. The Balaban J connectivity index is 1.62. The number of fused-ring (bicyclic) bond motifs is 1. The molecule has 2 aromatic heterocycles. The van der Waals surface area contributed by atoms with Crippen LogP contribution < -0.4 is 0 Å². The molecule has 9 heteroatoms. The number of nitrogens with zero attached hydrogens (tertiary/aromatic N) is 5. The highest BCUT2D eigenvalue weighted by Crippen LogP contribution is 2.36. The number of β-amino-alcohol motifs (C(OH)–C–C–N with tert-alkyl or cyclic N) is 1. The molecule has 0 unspecified atom stereocenters. The molecule has 28 heavy (non-hydrogen) atoms. The van der Waals surface area contributed by atoms with Gasteiger partial charge in [0.15, 0.2) is 0 Å². The second-order valence-corrected chi connectivity index (χ2v) is 7.75. The van der Waals surface area contributed by atoms with Gasteiger partial charge in [0, 0.05) is 32.3 Å². The van der Waals surface area contributed by atoms with E-state index in [1.807, 2.05) is 13.8 Å². The van der Waals surface area contributed by atoms with Crippen LogP contribution >= 0.6 is 0 Å². The van der Waals surface area contributed by atoms with E-state index in [-0.39, 0.29) is 31.2 Å². The zero-order chi connectivity index (χ0) is 20.1. The Labute approximate surface area is 163 Å². The number of likely N-dealkylation sites (tertiary alicyclic amines) is 1. The Kier molecular flexibility index (Phi) is 4.76. The second-order valence-electron chi connectivity index (χ2n) is 7.75. The summed E-state index contributed by atoms with van der Waals surface area (Å²) in [6.45, 7) is 5.39. The molecule has 0 spiro atoms. The van der Waals surface area contributed by atoms with Gasteiger partial charge in [-0.2, -0.15) is 10.2 Å². The van der Waals surface area contributed by atoms with Crippen molar-refractivity contribution in [3.63, 3.8) is 0 Å². The van der Waals surface area contributed by atoms with Crippen LogP contribution in [0.2, 0.25) is 0 Å². The van der Waals surface area contributed by atoms with Crippen molar-refractivity contribution in [2.75, 3.05) is 26.8 Å². The van der Waals surface area contributed by atoms with Gasteiger partial charge in [-0.3, -0.25) is 14.2 Å². The third-order valence-electron chi connectivity index (χ3n) is 5.59. The van der Waals surface area contributed by atoms with E-state index in [2.05, 4.69) is 10.2 Å². The minimum Gasteiger partial charge on any atom is -0.383 e. The van der Waals surface area contributed by atoms with Crippen LogP contribution in [0.4, 0.5) is 0 Å². The van der Waals surface area contributed by atoms with E-state index < -0.39 is 5.60 Å². The van der Waals surface area contributed by atoms with Crippen molar-refractivity contribution in [2.24, 2.45) is 7.05 Å². The molecule has 1 amide bonds. The van der Waals surface area contributed by atoms with Gasteiger partial charge >= 0.3 is 0 Å². The van der Waals surface area contributed by atoms with Gasteiger partial charge in [0.25, 0.3) is 5.91 Å². The van der Waals surface area contributed by atoms with Crippen molar-refractivity contribution < 1.29 is 19.4 Å². The van der Waals surface area contributed by atoms with Crippen LogP contribution in [0.25, 0.3) is 0 Å². The van der Waals surface area contributed by atoms with Crippen molar-refractivity contribution in [3.8, 4) is 0 Å². The molecule has 2 atom stereocenters. The van der Waals surface area contributed by atoms with Gasteiger partial charge in [0.05, 0.1) is 49.8 Å². The van der Waals surface area contributed by atoms with Gasteiger partial charge in [-0.25, -0.2) is 0 Å². The summed E-state index contributed by atoms with van der Waals surface area (Å²) in [7, 11) is 3.42. The third-order valence-corrected chi connectivity index (χ3v) is 5.59. The van der Waals surface area contributed by atoms with Crippen molar-refractivity contribution in [3.05, 3.63) is 34.9 Å². The third kappa shape index (κ3) is 3.03. The van der Waals surface area contributed by atoms with E-state index in [4.69, 9.17) is 9.47 Å². The van der Waals surface area contributed by atoms with Crippen molar-refractivity contribution in [1.82, 2.24) is 24.5 Å². The maximum Gasteiger partial charge on any atom is 0.272 e. The van der Waals surface area contributed by atoms with E-state index in [9.17, 15) is 9.90 Å². The average Bonchev–Trinajstić information content (AvgIpc) is 3.20. The maximum atomic E-state index is 13.3. The fraction of sp³-hybridized carbons (Fsp3) is 0.632. The number of carbonyl (C=O) groups excluding carboxylic acids is 1. The molecule has 0 saturated carbocycles. The molecule has 1 saturated heterocycles. The highest BCUT2D eigenvalue weighted by molar-refractivity contribution is 5.95. The molecule has 152 valence electrons. The van der Waals surface area contributed by atoms with Gasteiger partial charge < -0.3 is 19.5 Å². The summed E-state index contributed by atoms with van der Waals surface area (Å²) in [6.07, 6.45) is 2.17. The molecular formula is C19H27N5O4. The van der Waals surface area contributed by atoms with Gasteiger partial charge in [-0.05, 0) is 19.9 Å². The first-order valence-corrected chi connectivity index (χ1v) is 9.58. The molecule has 1 fully saturated rings. The number of aromatic nitrogens is 4. The number of carbonyl (C=O) groups is 1. The Hall–Kier alpha value is -2.23. The molecule has 2 aliphatic heterocycles. The zero-order valence-corrected chi connectivity index (χ0v) is 16.8. The van der Waals surface area contributed by atoms with E-state index in [1.165, 1.54) is 0 Å². The van der Waals surface area contributed by atoms with E-state index in [0.717, 1.165) is 11.3 Å². The summed E-state index contributed by atoms with van der Waals surface area (Å²) in [6, 6.07) is 1.78. The summed E-state index contributed by atoms with van der Waals surface area (Å²) in [4.78, 5) is 15.0. The summed E-state index contributed by atoms with van der Waals surface area (Å²) < 4.78 is 14.4. The summed E-state index contributed by atoms with van der Waals surface area (Å²) in [5.41, 5.74) is 1.99. The molecule has 2 aliphatic rings. The molecular weight excluding hydrogens is 362 g/mol. The van der Waals surface area contributed by atoms with Gasteiger partial charge in [0.2, 0.25) is 0 Å². The van der Waals surface area contributed by atoms with Crippen LogP contribution in [-0.2, 0) is 35.1 Å². The van der Waals surface area contributed by atoms with Crippen molar-refractivity contribution in [2.45, 2.75) is 44.6 Å². The molecule has 1 N–H and O–H groups in total. The van der Waals surface area contributed by atoms with Crippen LogP contribution in [0.1, 0.15) is 47.4 Å². The number of hydrogen-bond donors (Lipinski definition) is 1. The number of amides is 1. The Morgan fingerprint density at radius 2 is 2.18 bits per heavy atom. The lowest BCUT2D eigenvalue weighted by atomic mass is 9.89. The lowest BCUT2D eigenvalue weighted by molar-refractivity contribution is -0.0918. The number of methoxy groups -OCH3 is 1. The lowest BCUT2D eigenvalue weighted by Gasteiger charge is -2.46.